The van der Waals surface area contributed by atoms with E-state index in [-0.39, 0.29) is 5.91 Å². The minimum atomic E-state index is -0.155. The summed E-state index contributed by atoms with van der Waals surface area (Å²) in [5.41, 5.74) is 2.99. The molecule has 3 aromatic rings. The largest absolute Gasteiger partial charge is 0.347 e. The van der Waals surface area contributed by atoms with Crippen LogP contribution in [0.25, 0.3) is 5.65 Å². The van der Waals surface area contributed by atoms with Crippen LogP contribution in [-0.4, -0.2) is 15.3 Å². The lowest BCUT2D eigenvalue weighted by atomic mass is 10.2. The molecule has 3 rings (SSSR count). The molecule has 0 bridgehead atoms. The SMILES string of the molecule is Cc1nc2ccc(Br)cn2c1C(=O)NCc1ccc(Cl)cc1. The average Bonchev–Trinajstić information content (AvgIpc) is 2.81. The van der Waals surface area contributed by atoms with E-state index < -0.39 is 0 Å². The van der Waals surface area contributed by atoms with Crippen molar-refractivity contribution in [2.45, 2.75) is 13.5 Å². The van der Waals surface area contributed by atoms with E-state index in [0.717, 1.165) is 15.7 Å². The summed E-state index contributed by atoms with van der Waals surface area (Å²) in [5.74, 6) is -0.155. The van der Waals surface area contributed by atoms with Crippen molar-refractivity contribution in [2.75, 3.05) is 0 Å². The third-order valence-corrected chi connectivity index (χ3v) is 4.06. The van der Waals surface area contributed by atoms with Gasteiger partial charge in [-0.25, -0.2) is 4.98 Å². The van der Waals surface area contributed by atoms with Crippen LogP contribution in [0.15, 0.2) is 47.1 Å². The van der Waals surface area contributed by atoms with E-state index in [1.165, 1.54) is 0 Å². The molecule has 22 heavy (non-hydrogen) atoms. The molecule has 0 saturated carbocycles. The Morgan fingerprint density at radius 2 is 2.00 bits per heavy atom. The summed E-state index contributed by atoms with van der Waals surface area (Å²) in [6, 6.07) is 11.2. The lowest BCUT2D eigenvalue weighted by Crippen LogP contribution is -2.24. The van der Waals surface area contributed by atoms with Crippen molar-refractivity contribution in [1.29, 1.82) is 0 Å². The molecule has 1 aromatic carbocycles. The maximum absolute atomic E-state index is 12.5. The molecular weight excluding hydrogens is 366 g/mol. The van der Waals surface area contributed by atoms with Crippen LogP contribution in [0.4, 0.5) is 0 Å². The highest BCUT2D eigenvalue weighted by Gasteiger charge is 2.16. The summed E-state index contributed by atoms with van der Waals surface area (Å²) in [6.45, 7) is 2.27. The van der Waals surface area contributed by atoms with Crippen LogP contribution in [0.2, 0.25) is 5.02 Å². The molecule has 0 unspecified atom stereocenters. The van der Waals surface area contributed by atoms with Crippen LogP contribution < -0.4 is 5.32 Å². The molecule has 112 valence electrons. The van der Waals surface area contributed by atoms with Gasteiger partial charge in [0, 0.05) is 22.2 Å². The van der Waals surface area contributed by atoms with Crippen LogP contribution in [-0.2, 0) is 6.54 Å². The van der Waals surface area contributed by atoms with Crippen LogP contribution in [0, 0.1) is 6.92 Å². The minimum Gasteiger partial charge on any atom is -0.347 e. The Morgan fingerprint density at radius 1 is 1.27 bits per heavy atom. The first-order valence-corrected chi connectivity index (χ1v) is 7.88. The molecule has 2 heterocycles. The number of hydrogen-bond donors (Lipinski definition) is 1. The van der Waals surface area contributed by atoms with Crippen LogP contribution in [0.3, 0.4) is 0 Å². The molecule has 0 aliphatic heterocycles. The summed E-state index contributed by atoms with van der Waals surface area (Å²) < 4.78 is 2.68. The molecule has 0 aliphatic carbocycles. The number of aryl methyl sites for hydroxylation is 1. The normalized spacial score (nSPS) is 10.9. The smallest absolute Gasteiger partial charge is 0.270 e. The number of halogens is 2. The Kier molecular flexibility index (Phi) is 4.18. The fourth-order valence-corrected chi connectivity index (χ4v) is 2.74. The van der Waals surface area contributed by atoms with Crippen molar-refractivity contribution in [1.82, 2.24) is 14.7 Å². The van der Waals surface area contributed by atoms with Crippen molar-refractivity contribution < 1.29 is 4.79 Å². The van der Waals surface area contributed by atoms with E-state index in [0.29, 0.717) is 23.0 Å². The summed E-state index contributed by atoms with van der Waals surface area (Å²) >= 11 is 9.27. The number of carbonyl (C=O) groups excluding carboxylic acids is 1. The van der Waals surface area contributed by atoms with E-state index in [4.69, 9.17) is 11.6 Å². The third-order valence-electron chi connectivity index (χ3n) is 3.34. The fraction of sp³-hybridized carbons (Fsp3) is 0.125. The molecule has 0 radical (unpaired) electrons. The molecule has 0 fully saturated rings. The van der Waals surface area contributed by atoms with Gasteiger partial charge in [0.2, 0.25) is 0 Å². The van der Waals surface area contributed by atoms with Crippen LogP contribution >= 0.6 is 27.5 Å². The van der Waals surface area contributed by atoms with Crippen LogP contribution in [0.1, 0.15) is 21.7 Å². The second kappa shape index (κ2) is 6.10. The number of rotatable bonds is 3. The highest BCUT2D eigenvalue weighted by molar-refractivity contribution is 9.10. The zero-order valence-corrected chi connectivity index (χ0v) is 14.1. The Morgan fingerprint density at radius 3 is 2.73 bits per heavy atom. The predicted molar refractivity (Wildman–Crippen MR) is 90.3 cm³/mol. The predicted octanol–water partition coefficient (Wildman–Crippen LogP) is 3.99. The van der Waals surface area contributed by atoms with Crippen molar-refractivity contribution >= 4 is 39.1 Å². The first-order valence-electron chi connectivity index (χ1n) is 6.71. The lowest BCUT2D eigenvalue weighted by molar-refractivity contribution is 0.0944. The second-order valence-corrected chi connectivity index (χ2v) is 6.28. The number of imidazole rings is 1. The third kappa shape index (κ3) is 3.00. The van der Waals surface area contributed by atoms with E-state index in [2.05, 4.69) is 26.2 Å². The highest BCUT2D eigenvalue weighted by Crippen LogP contribution is 2.17. The quantitative estimate of drug-likeness (QED) is 0.749. The standard InChI is InChI=1S/C16H13BrClN3O/c1-10-15(21-9-12(17)4-7-14(21)20-10)16(22)19-8-11-2-5-13(18)6-3-11/h2-7,9H,8H2,1H3,(H,19,22). The average molecular weight is 379 g/mol. The summed E-state index contributed by atoms with van der Waals surface area (Å²) in [7, 11) is 0. The van der Waals surface area contributed by atoms with Crippen molar-refractivity contribution in [2.24, 2.45) is 0 Å². The maximum atomic E-state index is 12.5. The molecule has 0 saturated heterocycles. The molecule has 1 amide bonds. The van der Waals surface area contributed by atoms with Crippen LogP contribution in [0.5, 0.6) is 0 Å². The summed E-state index contributed by atoms with van der Waals surface area (Å²) in [5, 5.41) is 3.59. The summed E-state index contributed by atoms with van der Waals surface area (Å²) in [6.07, 6.45) is 1.84. The topological polar surface area (TPSA) is 46.4 Å². The van der Waals surface area contributed by atoms with E-state index in [1.54, 1.807) is 16.5 Å². The lowest BCUT2D eigenvalue weighted by Gasteiger charge is -2.06. The van der Waals surface area contributed by atoms with Crippen molar-refractivity contribution in [3.63, 3.8) is 0 Å². The van der Waals surface area contributed by atoms with Gasteiger partial charge in [-0.3, -0.25) is 9.20 Å². The van der Waals surface area contributed by atoms with Gasteiger partial charge in [-0.2, -0.15) is 0 Å². The number of nitrogens with one attached hydrogen (secondary N) is 1. The molecule has 6 heteroatoms. The van der Waals surface area contributed by atoms with Gasteiger partial charge in [-0.1, -0.05) is 23.7 Å². The Hall–Kier alpha value is -1.85. The highest BCUT2D eigenvalue weighted by atomic mass is 79.9. The Bertz CT molecular complexity index is 842. The number of amides is 1. The van der Waals surface area contributed by atoms with Gasteiger partial charge in [0.05, 0.1) is 5.69 Å². The Balaban J connectivity index is 1.84. The maximum Gasteiger partial charge on any atom is 0.270 e. The van der Waals surface area contributed by atoms with Gasteiger partial charge >= 0.3 is 0 Å². The van der Waals surface area contributed by atoms with E-state index >= 15 is 0 Å². The minimum absolute atomic E-state index is 0.155. The number of carbonyl (C=O) groups is 1. The number of fused-ring (bicyclic) bond motifs is 1. The fourth-order valence-electron chi connectivity index (χ4n) is 2.28. The number of nitrogens with zero attached hydrogens (tertiary/aromatic N) is 2. The van der Waals surface area contributed by atoms with E-state index in [1.807, 2.05) is 37.4 Å². The van der Waals surface area contributed by atoms with Gasteiger partial charge in [-0.05, 0) is 52.7 Å². The molecule has 0 aliphatic rings. The first kappa shape index (κ1) is 15.1. The monoisotopic (exact) mass is 377 g/mol. The molecule has 0 spiro atoms. The van der Waals surface area contributed by atoms with Gasteiger partial charge < -0.3 is 5.32 Å². The van der Waals surface area contributed by atoms with E-state index in [9.17, 15) is 4.79 Å². The number of aromatic nitrogens is 2. The molecular formula is C16H13BrClN3O. The molecule has 0 atom stereocenters. The van der Waals surface area contributed by atoms with Gasteiger partial charge in [0.15, 0.2) is 0 Å². The number of pyridine rings is 1. The zero-order valence-electron chi connectivity index (χ0n) is 11.8. The summed E-state index contributed by atoms with van der Waals surface area (Å²) in [4.78, 5) is 16.9. The number of benzene rings is 1. The molecule has 1 N–H and O–H groups in total. The van der Waals surface area contributed by atoms with Gasteiger partial charge in [-0.15, -0.1) is 0 Å². The van der Waals surface area contributed by atoms with Crippen molar-refractivity contribution in [3.8, 4) is 0 Å². The Labute approximate surface area is 141 Å². The molecule has 4 nitrogen and oxygen atoms in total. The molecule has 2 aromatic heterocycles. The van der Waals surface area contributed by atoms with Gasteiger partial charge in [0.25, 0.3) is 5.91 Å². The first-order chi connectivity index (χ1) is 10.5. The van der Waals surface area contributed by atoms with Crippen molar-refractivity contribution in [3.05, 3.63) is 69.0 Å². The van der Waals surface area contributed by atoms with Gasteiger partial charge in [0.1, 0.15) is 11.3 Å². The second-order valence-electron chi connectivity index (χ2n) is 4.93. The zero-order chi connectivity index (χ0) is 15.7. The number of hydrogen-bond acceptors (Lipinski definition) is 2.